The van der Waals surface area contributed by atoms with Crippen LogP contribution in [0.15, 0.2) is 10.8 Å². The Hall–Kier alpha value is -1.40. The molecule has 0 radical (unpaired) electrons. The standard InChI is InChI=1S/C9H7NO3S2/c1-13-8(12)5-3-15-9-6(5)4(2-14-9)7(10)11/h2-3H,1H3,(H2,10,11). The van der Waals surface area contributed by atoms with E-state index >= 15 is 0 Å². The fourth-order valence-corrected chi connectivity index (χ4v) is 3.38. The van der Waals surface area contributed by atoms with E-state index in [2.05, 4.69) is 4.74 Å². The maximum absolute atomic E-state index is 11.4. The van der Waals surface area contributed by atoms with Crippen LogP contribution >= 0.6 is 22.7 Å². The van der Waals surface area contributed by atoms with Gasteiger partial charge in [0.25, 0.3) is 0 Å². The van der Waals surface area contributed by atoms with Crippen molar-refractivity contribution in [3.8, 4) is 0 Å². The Morgan fingerprint density at radius 3 is 2.40 bits per heavy atom. The fraction of sp³-hybridized carbons (Fsp3) is 0.111. The molecule has 2 aromatic heterocycles. The molecule has 0 atom stereocenters. The lowest BCUT2D eigenvalue weighted by Crippen LogP contribution is -2.11. The third kappa shape index (κ3) is 1.51. The molecule has 0 saturated carbocycles. The second kappa shape index (κ2) is 3.63. The van der Waals surface area contributed by atoms with Gasteiger partial charge in [-0.15, -0.1) is 22.7 Å². The number of carbonyl (C=O) groups is 2. The van der Waals surface area contributed by atoms with Crippen LogP contribution in [0, 0.1) is 0 Å². The molecule has 0 saturated heterocycles. The normalized spacial score (nSPS) is 10.5. The van der Waals surface area contributed by atoms with E-state index < -0.39 is 11.9 Å². The number of hydrogen-bond acceptors (Lipinski definition) is 5. The van der Waals surface area contributed by atoms with Gasteiger partial charge in [-0.1, -0.05) is 0 Å². The SMILES string of the molecule is COC(=O)c1csc2scc(C(N)=O)c12. The second-order valence-corrected chi connectivity index (χ2v) is 4.83. The van der Waals surface area contributed by atoms with E-state index in [0.29, 0.717) is 16.5 Å². The number of ether oxygens (including phenoxy) is 1. The van der Waals surface area contributed by atoms with Crippen molar-refractivity contribution >= 4 is 43.9 Å². The van der Waals surface area contributed by atoms with Crippen molar-refractivity contribution in [3.63, 3.8) is 0 Å². The number of carbonyl (C=O) groups excluding carboxylic acids is 2. The van der Waals surface area contributed by atoms with Crippen LogP contribution in [0.25, 0.3) is 9.40 Å². The highest BCUT2D eigenvalue weighted by molar-refractivity contribution is 7.37. The zero-order chi connectivity index (χ0) is 11.0. The summed E-state index contributed by atoms with van der Waals surface area (Å²) in [6.45, 7) is 0. The lowest BCUT2D eigenvalue weighted by molar-refractivity contribution is 0.0603. The summed E-state index contributed by atoms with van der Waals surface area (Å²) in [7, 11) is 1.31. The molecule has 0 unspecified atom stereocenters. The van der Waals surface area contributed by atoms with E-state index in [1.807, 2.05) is 0 Å². The second-order valence-electron chi connectivity index (χ2n) is 2.82. The third-order valence-electron chi connectivity index (χ3n) is 1.98. The highest BCUT2D eigenvalue weighted by atomic mass is 32.2. The van der Waals surface area contributed by atoms with E-state index in [0.717, 1.165) is 4.01 Å². The molecular weight excluding hydrogens is 234 g/mol. The average molecular weight is 241 g/mol. The molecule has 78 valence electrons. The molecule has 2 N–H and O–H groups in total. The zero-order valence-electron chi connectivity index (χ0n) is 7.77. The van der Waals surface area contributed by atoms with E-state index in [4.69, 9.17) is 5.73 Å². The molecule has 1 amide bonds. The lowest BCUT2D eigenvalue weighted by Gasteiger charge is -1.96. The molecule has 0 fully saturated rings. The first-order valence-electron chi connectivity index (χ1n) is 4.02. The summed E-state index contributed by atoms with van der Waals surface area (Å²) in [6, 6.07) is 0. The topological polar surface area (TPSA) is 69.4 Å². The maximum atomic E-state index is 11.4. The van der Waals surface area contributed by atoms with Crippen molar-refractivity contribution in [1.29, 1.82) is 0 Å². The van der Waals surface area contributed by atoms with Crippen LogP contribution in [0.5, 0.6) is 0 Å². The summed E-state index contributed by atoms with van der Waals surface area (Å²) in [5, 5.41) is 3.96. The van der Waals surface area contributed by atoms with Crippen LogP contribution in [-0.2, 0) is 4.74 Å². The summed E-state index contributed by atoms with van der Waals surface area (Å²) in [4.78, 5) is 22.5. The van der Waals surface area contributed by atoms with Gasteiger partial charge in [0.2, 0.25) is 5.91 Å². The number of amides is 1. The monoisotopic (exact) mass is 241 g/mol. The van der Waals surface area contributed by atoms with Crippen LogP contribution in [0.4, 0.5) is 0 Å². The number of methoxy groups -OCH3 is 1. The van der Waals surface area contributed by atoms with Gasteiger partial charge in [-0.3, -0.25) is 4.79 Å². The average Bonchev–Trinajstić information content (AvgIpc) is 2.75. The van der Waals surface area contributed by atoms with Crippen molar-refractivity contribution in [2.45, 2.75) is 0 Å². The number of fused-ring (bicyclic) bond motifs is 1. The van der Waals surface area contributed by atoms with Crippen LogP contribution in [0.1, 0.15) is 20.7 Å². The number of primary amides is 1. The van der Waals surface area contributed by atoms with Crippen molar-refractivity contribution in [2.75, 3.05) is 7.11 Å². The molecule has 0 bridgehead atoms. The van der Waals surface area contributed by atoms with Crippen molar-refractivity contribution in [3.05, 3.63) is 21.9 Å². The highest BCUT2D eigenvalue weighted by Crippen LogP contribution is 2.34. The van der Waals surface area contributed by atoms with Gasteiger partial charge in [0, 0.05) is 16.1 Å². The van der Waals surface area contributed by atoms with Crippen LogP contribution in [-0.4, -0.2) is 19.0 Å². The minimum Gasteiger partial charge on any atom is -0.465 e. The molecule has 2 heterocycles. The van der Waals surface area contributed by atoms with E-state index in [1.54, 1.807) is 10.8 Å². The summed E-state index contributed by atoms with van der Waals surface area (Å²) in [6.07, 6.45) is 0. The van der Waals surface area contributed by atoms with Crippen molar-refractivity contribution in [2.24, 2.45) is 5.73 Å². The number of nitrogens with two attached hydrogens (primary N) is 1. The molecule has 0 aliphatic carbocycles. The molecule has 2 rings (SSSR count). The minimum atomic E-state index is -0.523. The molecule has 2 aromatic rings. The maximum Gasteiger partial charge on any atom is 0.339 e. The molecule has 0 aromatic carbocycles. The van der Waals surface area contributed by atoms with Crippen LogP contribution < -0.4 is 5.73 Å². The Morgan fingerprint density at radius 2 is 1.87 bits per heavy atom. The van der Waals surface area contributed by atoms with Gasteiger partial charge in [-0.05, 0) is 0 Å². The summed E-state index contributed by atoms with van der Waals surface area (Å²) in [5.74, 6) is -0.966. The Labute approximate surface area is 93.3 Å². The molecule has 0 aliphatic heterocycles. The molecule has 0 spiro atoms. The smallest absolute Gasteiger partial charge is 0.339 e. The van der Waals surface area contributed by atoms with Gasteiger partial charge in [0.1, 0.15) is 0 Å². The van der Waals surface area contributed by atoms with Crippen molar-refractivity contribution < 1.29 is 14.3 Å². The van der Waals surface area contributed by atoms with E-state index in [9.17, 15) is 9.59 Å². The summed E-state index contributed by atoms with van der Waals surface area (Å²) >= 11 is 2.81. The van der Waals surface area contributed by atoms with Gasteiger partial charge >= 0.3 is 5.97 Å². The fourth-order valence-electron chi connectivity index (χ4n) is 1.29. The van der Waals surface area contributed by atoms with Gasteiger partial charge in [0.15, 0.2) is 0 Å². The first kappa shape index (κ1) is 10.1. The number of rotatable bonds is 2. The number of thiophene rings is 2. The Kier molecular flexibility index (Phi) is 2.45. The Bertz CT molecular complexity index is 541. The van der Waals surface area contributed by atoms with Gasteiger partial charge in [-0.25, -0.2) is 4.79 Å². The first-order valence-corrected chi connectivity index (χ1v) is 5.78. The minimum absolute atomic E-state index is 0.386. The predicted octanol–water partition coefficient (Wildman–Crippen LogP) is 1.85. The molecule has 0 aliphatic rings. The summed E-state index contributed by atoms with van der Waals surface area (Å²) < 4.78 is 5.53. The predicted molar refractivity (Wildman–Crippen MR) is 59.6 cm³/mol. The Balaban J connectivity index is 2.70. The van der Waals surface area contributed by atoms with E-state index in [1.165, 1.54) is 29.8 Å². The van der Waals surface area contributed by atoms with Crippen LogP contribution in [0.2, 0.25) is 0 Å². The van der Waals surface area contributed by atoms with Gasteiger partial charge < -0.3 is 10.5 Å². The van der Waals surface area contributed by atoms with Gasteiger partial charge in [-0.2, -0.15) is 0 Å². The quantitative estimate of drug-likeness (QED) is 0.816. The van der Waals surface area contributed by atoms with Crippen LogP contribution in [0.3, 0.4) is 0 Å². The van der Waals surface area contributed by atoms with Gasteiger partial charge in [0.05, 0.1) is 22.3 Å². The molecule has 4 nitrogen and oxygen atoms in total. The molecule has 15 heavy (non-hydrogen) atoms. The highest BCUT2D eigenvalue weighted by Gasteiger charge is 2.19. The molecular formula is C9H7NO3S2. The number of hydrogen-bond donors (Lipinski definition) is 1. The summed E-state index contributed by atoms with van der Waals surface area (Å²) in [5.41, 5.74) is 6.01. The molecule has 6 heteroatoms. The Morgan fingerprint density at radius 1 is 1.27 bits per heavy atom. The van der Waals surface area contributed by atoms with E-state index in [-0.39, 0.29) is 0 Å². The number of esters is 1. The zero-order valence-corrected chi connectivity index (χ0v) is 9.41. The lowest BCUT2D eigenvalue weighted by atomic mass is 10.1. The third-order valence-corrected chi connectivity index (χ3v) is 4.10. The largest absolute Gasteiger partial charge is 0.465 e. The first-order chi connectivity index (χ1) is 7.15. The van der Waals surface area contributed by atoms with Crippen molar-refractivity contribution in [1.82, 2.24) is 0 Å².